The molecule has 54 heavy (non-hydrogen) atoms. The summed E-state index contributed by atoms with van der Waals surface area (Å²) >= 11 is 0. The number of hydrogen-bond donors (Lipinski definition) is 0. The van der Waals surface area contributed by atoms with Gasteiger partial charge in [0.2, 0.25) is 0 Å². The summed E-state index contributed by atoms with van der Waals surface area (Å²) < 4.78 is 0. The Morgan fingerprint density at radius 3 is 1.50 bits per heavy atom. The zero-order valence-corrected chi connectivity index (χ0v) is 30.1. The lowest BCUT2D eigenvalue weighted by Crippen LogP contribution is -1.94. The Morgan fingerprint density at radius 1 is 0.278 bits per heavy atom. The van der Waals surface area contributed by atoms with E-state index in [2.05, 4.69) is 201 Å². The van der Waals surface area contributed by atoms with E-state index in [-0.39, 0.29) is 0 Å². The van der Waals surface area contributed by atoms with E-state index in [4.69, 9.17) is 0 Å². The average Bonchev–Trinajstić information content (AvgIpc) is 3.52. The van der Waals surface area contributed by atoms with Gasteiger partial charge in [0.1, 0.15) is 0 Å². The van der Waals surface area contributed by atoms with Gasteiger partial charge in [-0.15, -0.1) is 0 Å². The van der Waals surface area contributed by atoms with E-state index in [1.807, 2.05) is 0 Å². The second kappa shape index (κ2) is 12.2. The third-order valence-corrected chi connectivity index (χ3v) is 11.9. The molecular formula is C54H36. The van der Waals surface area contributed by atoms with Gasteiger partial charge in [-0.2, -0.15) is 0 Å². The van der Waals surface area contributed by atoms with Crippen molar-refractivity contribution in [3.05, 3.63) is 205 Å². The summed E-state index contributed by atoms with van der Waals surface area (Å²) in [4.78, 5) is 0. The van der Waals surface area contributed by atoms with Crippen LogP contribution in [0.15, 0.2) is 194 Å². The van der Waals surface area contributed by atoms with Crippen molar-refractivity contribution in [3.8, 4) is 55.6 Å². The lowest BCUT2D eigenvalue weighted by Gasteiger charge is -2.20. The van der Waals surface area contributed by atoms with E-state index in [0.29, 0.717) is 5.92 Å². The van der Waals surface area contributed by atoms with Gasteiger partial charge in [0.05, 0.1) is 0 Å². The molecule has 0 nitrogen and oxygen atoms in total. The molecule has 0 N–H and O–H groups in total. The van der Waals surface area contributed by atoms with E-state index in [9.17, 15) is 0 Å². The van der Waals surface area contributed by atoms with Crippen LogP contribution < -0.4 is 0 Å². The van der Waals surface area contributed by atoms with Crippen LogP contribution in [0.4, 0.5) is 0 Å². The summed E-state index contributed by atoms with van der Waals surface area (Å²) in [6.45, 7) is 2.35. The number of fused-ring (bicyclic) bond motifs is 7. The highest BCUT2D eigenvalue weighted by Gasteiger charge is 2.26. The third-order valence-electron chi connectivity index (χ3n) is 11.9. The van der Waals surface area contributed by atoms with Crippen molar-refractivity contribution in [2.24, 2.45) is 0 Å². The molecule has 1 atom stereocenters. The largest absolute Gasteiger partial charge is 0.0619 e. The van der Waals surface area contributed by atoms with Crippen molar-refractivity contribution < 1.29 is 0 Å². The van der Waals surface area contributed by atoms with Gasteiger partial charge in [0.15, 0.2) is 0 Å². The van der Waals surface area contributed by atoms with Crippen LogP contribution in [-0.2, 0) is 0 Å². The highest BCUT2D eigenvalue weighted by atomic mass is 14.3. The van der Waals surface area contributed by atoms with Gasteiger partial charge in [-0.3, -0.25) is 0 Å². The van der Waals surface area contributed by atoms with Crippen LogP contribution in [0, 0.1) is 0 Å². The minimum absolute atomic E-state index is 0.365. The van der Waals surface area contributed by atoms with Crippen molar-refractivity contribution in [2.45, 2.75) is 12.8 Å². The van der Waals surface area contributed by atoms with Gasteiger partial charge in [-0.1, -0.05) is 177 Å². The molecule has 0 spiro atoms. The molecule has 1 unspecified atom stereocenters. The highest BCUT2D eigenvalue weighted by molar-refractivity contribution is 6.24. The van der Waals surface area contributed by atoms with Crippen LogP contribution in [0.25, 0.3) is 98.7 Å². The fourth-order valence-electron chi connectivity index (χ4n) is 9.25. The normalized spacial score (nSPS) is 13.5. The summed E-state index contributed by atoms with van der Waals surface area (Å²) in [6, 6.07) is 72.2. The molecule has 0 heterocycles. The van der Waals surface area contributed by atoms with Crippen LogP contribution >= 0.6 is 0 Å². The summed E-state index contributed by atoms with van der Waals surface area (Å²) in [6.07, 6.45) is 0. The molecule has 252 valence electrons. The maximum absolute atomic E-state index is 2.46. The lowest BCUT2D eigenvalue weighted by molar-refractivity contribution is 0.957. The van der Waals surface area contributed by atoms with Crippen molar-refractivity contribution in [1.29, 1.82) is 0 Å². The first kappa shape index (κ1) is 30.8. The fourth-order valence-corrected chi connectivity index (χ4v) is 9.25. The highest BCUT2D eigenvalue weighted by Crippen LogP contribution is 2.49. The van der Waals surface area contributed by atoms with Gasteiger partial charge in [-0.05, 0) is 134 Å². The third kappa shape index (κ3) is 4.77. The molecule has 0 heteroatoms. The summed E-state index contributed by atoms with van der Waals surface area (Å²) in [5.41, 5.74) is 15.6. The number of rotatable bonds is 4. The molecule has 10 aromatic rings. The SMILES string of the molecule is CC1c2ccccc2-c2ccc(-c3c4ccccc4c(-c4cc(-c5ccc(-c6ccc7ccccc7c6)cc5)cc5ccccc45)c4ccccc34)cc21. The molecule has 0 aromatic heterocycles. The van der Waals surface area contributed by atoms with Crippen molar-refractivity contribution in [2.75, 3.05) is 0 Å². The second-order valence-electron chi connectivity index (χ2n) is 14.8. The maximum Gasteiger partial charge on any atom is 0.00735 e. The molecule has 11 rings (SSSR count). The minimum atomic E-state index is 0.365. The maximum atomic E-state index is 2.46. The quantitative estimate of drug-likeness (QED) is 0.162. The van der Waals surface area contributed by atoms with Crippen molar-refractivity contribution in [1.82, 2.24) is 0 Å². The Balaban J connectivity index is 1.10. The monoisotopic (exact) mass is 684 g/mol. The topological polar surface area (TPSA) is 0 Å². The summed E-state index contributed by atoms with van der Waals surface area (Å²) in [5.74, 6) is 0.365. The smallest absolute Gasteiger partial charge is 0.00735 e. The standard InChI is InChI=1S/C54H36/c1-34-43-15-6-7-17-45(43)46-29-28-41(32-51(34)46)53-47-18-8-10-20-49(47)54(50-21-11-9-19-48(50)53)52-33-42(31-40-14-4-5-16-44(40)52)37-24-22-36(23-25-37)39-27-26-35-12-2-3-13-38(35)30-39/h2-34H,1H3. The zero-order chi connectivity index (χ0) is 35.8. The molecule has 0 bridgehead atoms. The molecule has 0 saturated carbocycles. The van der Waals surface area contributed by atoms with Crippen LogP contribution in [0.1, 0.15) is 24.0 Å². The molecule has 0 saturated heterocycles. The summed E-state index contributed by atoms with van der Waals surface area (Å²) in [5, 5.41) is 10.2. The average molecular weight is 685 g/mol. The van der Waals surface area contributed by atoms with Crippen LogP contribution in [0.3, 0.4) is 0 Å². The number of hydrogen-bond acceptors (Lipinski definition) is 0. The molecule has 0 aliphatic heterocycles. The fraction of sp³-hybridized carbons (Fsp3) is 0.0370. The Morgan fingerprint density at radius 2 is 0.778 bits per heavy atom. The molecule has 0 radical (unpaired) electrons. The molecule has 0 fully saturated rings. The lowest BCUT2D eigenvalue weighted by atomic mass is 9.83. The first-order valence-electron chi connectivity index (χ1n) is 19.0. The minimum Gasteiger partial charge on any atom is -0.0619 e. The van der Waals surface area contributed by atoms with Gasteiger partial charge >= 0.3 is 0 Å². The summed E-state index contributed by atoms with van der Waals surface area (Å²) in [7, 11) is 0. The molecular weight excluding hydrogens is 649 g/mol. The Bertz CT molecular complexity index is 3050. The van der Waals surface area contributed by atoms with Gasteiger partial charge in [0, 0.05) is 5.92 Å². The Hall–Kier alpha value is -6.76. The van der Waals surface area contributed by atoms with Crippen LogP contribution in [0.5, 0.6) is 0 Å². The zero-order valence-electron chi connectivity index (χ0n) is 30.1. The first-order valence-corrected chi connectivity index (χ1v) is 19.0. The molecule has 1 aliphatic rings. The van der Waals surface area contributed by atoms with Crippen LogP contribution in [0.2, 0.25) is 0 Å². The Kier molecular flexibility index (Phi) is 6.94. The van der Waals surface area contributed by atoms with Gasteiger partial charge in [0.25, 0.3) is 0 Å². The molecule has 10 aromatic carbocycles. The van der Waals surface area contributed by atoms with E-state index in [0.717, 1.165) is 0 Å². The van der Waals surface area contributed by atoms with E-state index in [1.165, 1.54) is 110 Å². The van der Waals surface area contributed by atoms with Crippen molar-refractivity contribution in [3.63, 3.8) is 0 Å². The van der Waals surface area contributed by atoms with Crippen LogP contribution in [-0.4, -0.2) is 0 Å². The van der Waals surface area contributed by atoms with Gasteiger partial charge in [-0.25, -0.2) is 0 Å². The Labute approximate surface area is 315 Å². The second-order valence-corrected chi connectivity index (χ2v) is 14.8. The van der Waals surface area contributed by atoms with E-state index >= 15 is 0 Å². The molecule has 0 amide bonds. The van der Waals surface area contributed by atoms with Crippen molar-refractivity contribution >= 4 is 43.1 Å². The predicted octanol–water partition coefficient (Wildman–Crippen LogP) is 15.1. The van der Waals surface area contributed by atoms with Gasteiger partial charge < -0.3 is 0 Å². The number of benzene rings is 10. The van der Waals surface area contributed by atoms with E-state index in [1.54, 1.807) is 0 Å². The first-order chi connectivity index (χ1) is 26.7. The van der Waals surface area contributed by atoms with E-state index < -0.39 is 0 Å². The predicted molar refractivity (Wildman–Crippen MR) is 231 cm³/mol. The molecule has 1 aliphatic carbocycles.